The fraction of sp³-hybridized carbons (Fsp3) is 0.348. The molecule has 4 rings (SSSR count). The Morgan fingerprint density at radius 2 is 1.90 bits per heavy atom. The fourth-order valence-electron chi connectivity index (χ4n) is 4.18. The van der Waals surface area contributed by atoms with Crippen LogP contribution in [-0.4, -0.2) is 60.7 Å². The predicted octanol–water partition coefficient (Wildman–Crippen LogP) is 3.12. The molecule has 0 bridgehead atoms. The third kappa shape index (κ3) is 4.01. The summed E-state index contributed by atoms with van der Waals surface area (Å²) in [5.74, 6) is 1.29. The van der Waals surface area contributed by atoms with Gasteiger partial charge in [-0.25, -0.2) is 0 Å². The highest BCUT2D eigenvalue weighted by Crippen LogP contribution is 2.27. The lowest BCUT2D eigenvalue weighted by molar-refractivity contribution is 0.370. The Labute approximate surface area is 171 Å². The number of H-pyrrole nitrogens is 1. The molecule has 6 heteroatoms. The zero-order chi connectivity index (χ0) is 20.2. The van der Waals surface area contributed by atoms with E-state index in [0.29, 0.717) is 5.75 Å². The van der Waals surface area contributed by atoms with E-state index in [4.69, 9.17) is 0 Å². The van der Waals surface area contributed by atoms with Crippen LogP contribution in [0.25, 0.3) is 10.9 Å². The maximum atomic E-state index is 10.1. The van der Waals surface area contributed by atoms with Crippen molar-refractivity contribution in [3.63, 3.8) is 0 Å². The number of piperazine rings is 1. The van der Waals surface area contributed by atoms with Gasteiger partial charge in [0.1, 0.15) is 5.75 Å². The summed E-state index contributed by atoms with van der Waals surface area (Å²) in [6.07, 6.45) is 3.06. The molecule has 0 atom stereocenters. The van der Waals surface area contributed by atoms with E-state index in [0.717, 1.165) is 50.8 Å². The van der Waals surface area contributed by atoms with Crippen molar-refractivity contribution < 1.29 is 5.11 Å². The first-order chi connectivity index (χ1) is 14.2. The van der Waals surface area contributed by atoms with Gasteiger partial charge in [0, 0.05) is 56.9 Å². The van der Waals surface area contributed by atoms with Gasteiger partial charge in [-0.1, -0.05) is 24.3 Å². The molecule has 1 aliphatic heterocycles. The van der Waals surface area contributed by atoms with E-state index in [1.165, 1.54) is 22.0 Å². The molecule has 0 radical (unpaired) electrons. The number of anilines is 1. The monoisotopic (exact) mass is 391 g/mol. The molecule has 3 aromatic rings. The van der Waals surface area contributed by atoms with Gasteiger partial charge in [0.25, 0.3) is 0 Å². The van der Waals surface area contributed by atoms with Gasteiger partial charge < -0.3 is 25.2 Å². The van der Waals surface area contributed by atoms with Crippen LogP contribution in [0, 0.1) is 6.92 Å². The molecule has 0 aliphatic carbocycles. The van der Waals surface area contributed by atoms with Crippen molar-refractivity contribution in [2.45, 2.75) is 13.3 Å². The van der Waals surface area contributed by atoms with Crippen molar-refractivity contribution in [3.8, 4) is 5.75 Å². The van der Waals surface area contributed by atoms with Crippen molar-refractivity contribution in [1.82, 2.24) is 15.2 Å². The number of nitrogens with zero attached hydrogens (tertiary/aromatic N) is 3. The Kier molecular flexibility index (Phi) is 5.60. The fourth-order valence-corrected chi connectivity index (χ4v) is 4.18. The Morgan fingerprint density at radius 1 is 1.10 bits per heavy atom. The van der Waals surface area contributed by atoms with E-state index < -0.39 is 0 Å². The quantitative estimate of drug-likeness (QED) is 0.472. The molecule has 29 heavy (non-hydrogen) atoms. The minimum Gasteiger partial charge on any atom is -0.506 e. The van der Waals surface area contributed by atoms with Crippen LogP contribution >= 0.6 is 0 Å². The minimum atomic E-state index is 0.345. The smallest absolute Gasteiger partial charge is 0.193 e. The molecule has 6 nitrogen and oxygen atoms in total. The Bertz CT molecular complexity index is 1000. The summed E-state index contributed by atoms with van der Waals surface area (Å²) < 4.78 is 0. The largest absolute Gasteiger partial charge is 0.506 e. The van der Waals surface area contributed by atoms with E-state index in [1.807, 2.05) is 25.2 Å². The number of phenols is 1. The number of hydrogen-bond acceptors (Lipinski definition) is 3. The molecule has 1 aliphatic rings. The zero-order valence-electron chi connectivity index (χ0n) is 17.2. The topological polar surface area (TPSA) is 66.9 Å². The van der Waals surface area contributed by atoms with E-state index in [2.05, 4.69) is 56.4 Å². The average Bonchev–Trinajstić information content (AvgIpc) is 3.16. The number of aromatic hydroxyl groups is 1. The van der Waals surface area contributed by atoms with Crippen molar-refractivity contribution in [2.75, 3.05) is 44.7 Å². The molecule has 1 aromatic heterocycles. The number of fused-ring (bicyclic) bond motifs is 1. The molecule has 152 valence electrons. The molecule has 2 heterocycles. The molecule has 1 saturated heterocycles. The number of aryl methyl sites for hydroxylation is 1. The number of phenolic OH excluding ortho intramolecular Hbond substituents is 1. The highest BCUT2D eigenvalue weighted by Gasteiger charge is 2.21. The summed E-state index contributed by atoms with van der Waals surface area (Å²) in [5.41, 5.74) is 4.75. The summed E-state index contributed by atoms with van der Waals surface area (Å²) in [6, 6.07) is 13.9. The second kappa shape index (κ2) is 8.47. The van der Waals surface area contributed by atoms with Gasteiger partial charge in [0.05, 0.1) is 5.69 Å². The predicted molar refractivity (Wildman–Crippen MR) is 120 cm³/mol. The second-order valence-corrected chi connectivity index (χ2v) is 7.50. The molecule has 3 N–H and O–H groups in total. The molecular weight excluding hydrogens is 362 g/mol. The standard InChI is InChI=1S/C23H29N5O/c1-17-6-5-7-19-22(17)18(16-26-19)10-11-25-23(24-2)28-14-12-27(13-15-28)20-8-3-4-9-21(20)29/h3-9,16,26,29H,10-15H2,1-2H3,(H,24,25). The molecule has 0 amide bonds. The number of aromatic nitrogens is 1. The first-order valence-corrected chi connectivity index (χ1v) is 10.2. The van der Waals surface area contributed by atoms with Gasteiger partial charge in [-0.2, -0.15) is 0 Å². The third-order valence-electron chi connectivity index (χ3n) is 5.69. The van der Waals surface area contributed by atoms with Crippen molar-refractivity contribution in [3.05, 3.63) is 59.8 Å². The van der Waals surface area contributed by atoms with Crippen LogP contribution in [0.4, 0.5) is 5.69 Å². The normalized spacial score (nSPS) is 15.2. The lowest BCUT2D eigenvalue weighted by Gasteiger charge is -2.37. The maximum Gasteiger partial charge on any atom is 0.193 e. The first-order valence-electron chi connectivity index (χ1n) is 10.2. The number of guanidine groups is 1. The number of rotatable bonds is 4. The summed E-state index contributed by atoms with van der Waals surface area (Å²) in [7, 11) is 1.84. The summed E-state index contributed by atoms with van der Waals surface area (Å²) in [4.78, 5) is 12.4. The average molecular weight is 392 g/mol. The van der Waals surface area contributed by atoms with Gasteiger partial charge in [0.15, 0.2) is 5.96 Å². The summed E-state index contributed by atoms with van der Waals surface area (Å²) in [6.45, 7) is 6.48. The van der Waals surface area contributed by atoms with Crippen LogP contribution in [0.3, 0.4) is 0 Å². The summed E-state index contributed by atoms with van der Waals surface area (Å²) in [5, 5.41) is 14.9. The number of para-hydroxylation sites is 2. The zero-order valence-corrected chi connectivity index (χ0v) is 17.2. The van der Waals surface area contributed by atoms with Gasteiger partial charge in [-0.05, 0) is 42.7 Å². The number of nitrogens with one attached hydrogen (secondary N) is 2. The Morgan fingerprint density at radius 3 is 2.66 bits per heavy atom. The molecule has 1 fully saturated rings. The molecule has 2 aromatic carbocycles. The van der Waals surface area contributed by atoms with Crippen LogP contribution in [0.15, 0.2) is 53.7 Å². The van der Waals surface area contributed by atoms with Gasteiger partial charge >= 0.3 is 0 Å². The lowest BCUT2D eigenvalue weighted by atomic mass is 10.1. The van der Waals surface area contributed by atoms with E-state index in [-0.39, 0.29) is 0 Å². The van der Waals surface area contributed by atoms with E-state index in [9.17, 15) is 5.11 Å². The van der Waals surface area contributed by atoms with E-state index >= 15 is 0 Å². The SMILES string of the molecule is CN=C(NCCc1c[nH]c2cccc(C)c12)N1CCN(c2ccccc2O)CC1. The molecular formula is C23H29N5O. The van der Waals surface area contributed by atoms with Crippen LogP contribution in [-0.2, 0) is 6.42 Å². The van der Waals surface area contributed by atoms with Crippen LogP contribution < -0.4 is 10.2 Å². The highest BCUT2D eigenvalue weighted by molar-refractivity contribution is 5.86. The number of aromatic amines is 1. The lowest BCUT2D eigenvalue weighted by Crippen LogP contribution is -2.52. The van der Waals surface area contributed by atoms with Crippen LogP contribution in [0.5, 0.6) is 5.75 Å². The number of benzene rings is 2. The number of hydrogen-bond donors (Lipinski definition) is 3. The van der Waals surface area contributed by atoms with Gasteiger partial charge in [0.2, 0.25) is 0 Å². The minimum absolute atomic E-state index is 0.345. The number of aliphatic imine (C=N–C) groups is 1. The van der Waals surface area contributed by atoms with Crippen LogP contribution in [0.2, 0.25) is 0 Å². The first kappa shape index (κ1) is 19.2. The van der Waals surface area contributed by atoms with Crippen LogP contribution in [0.1, 0.15) is 11.1 Å². The Balaban J connectivity index is 1.33. The molecule has 0 spiro atoms. The van der Waals surface area contributed by atoms with Crippen molar-refractivity contribution >= 4 is 22.5 Å². The maximum absolute atomic E-state index is 10.1. The highest BCUT2D eigenvalue weighted by atomic mass is 16.3. The van der Waals surface area contributed by atoms with Gasteiger partial charge in [-0.3, -0.25) is 4.99 Å². The molecule has 0 saturated carbocycles. The third-order valence-corrected chi connectivity index (χ3v) is 5.69. The van der Waals surface area contributed by atoms with Gasteiger partial charge in [-0.15, -0.1) is 0 Å². The summed E-state index contributed by atoms with van der Waals surface area (Å²) >= 11 is 0. The second-order valence-electron chi connectivity index (χ2n) is 7.50. The molecule has 0 unspecified atom stereocenters. The van der Waals surface area contributed by atoms with Crippen molar-refractivity contribution in [1.29, 1.82) is 0 Å². The van der Waals surface area contributed by atoms with Crippen molar-refractivity contribution in [2.24, 2.45) is 4.99 Å². The Hall–Kier alpha value is -3.15. The van der Waals surface area contributed by atoms with E-state index in [1.54, 1.807) is 6.07 Å².